The van der Waals surface area contributed by atoms with Crippen molar-refractivity contribution in [2.75, 3.05) is 0 Å². The Morgan fingerprint density at radius 1 is 1.50 bits per heavy atom. The number of allylic oxidation sites excluding steroid dienone is 2. The van der Waals surface area contributed by atoms with E-state index >= 15 is 0 Å². The fourth-order valence-electron chi connectivity index (χ4n) is 1.29. The van der Waals surface area contributed by atoms with Gasteiger partial charge in [0.2, 0.25) is 0 Å². The van der Waals surface area contributed by atoms with Crippen molar-refractivity contribution in [3.63, 3.8) is 0 Å². The number of unbranched alkanes of at least 4 members (excludes halogenated alkanes) is 1. The summed E-state index contributed by atoms with van der Waals surface area (Å²) in [5.74, 6) is 0.944. The summed E-state index contributed by atoms with van der Waals surface area (Å²) in [4.78, 5) is 0. The van der Waals surface area contributed by atoms with Crippen molar-refractivity contribution in [3.8, 4) is 0 Å². The van der Waals surface area contributed by atoms with E-state index in [-0.39, 0.29) is 19.5 Å². The van der Waals surface area contributed by atoms with E-state index in [9.17, 15) is 5.11 Å². The van der Waals surface area contributed by atoms with Gasteiger partial charge < -0.3 is 5.11 Å². The second-order valence-corrected chi connectivity index (χ2v) is 3.55. The largest absolute Gasteiger partial charge is 0.876 e. The first-order valence-electron chi connectivity index (χ1n) is 5.41. The Hall–Kier alpha value is 0.163. The molecular weight excluding hydrogens is 226 g/mol. The van der Waals surface area contributed by atoms with Crippen LogP contribution < -0.4 is 5.11 Å². The summed E-state index contributed by atoms with van der Waals surface area (Å²) in [6.07, 6.45) is 8.42. The van der Waals surface area contributed by atoms with Crippen LogP contribution in [0, 0.1) is 12.8 Å². The molecule has 0 heterocycles. The molecule has 0 N–H and O–H groups in total. The normalized spacial score (nSPS) is 19.9. The summed E-state index contributed by atoms with van der Waals surface area (Å²) in [7, 11) is 0. The molecule has 1 aliphatic rings. The van der Waals surface area contributed by atoms with Crippen molar-refractivity contribution >= 4 is 0 Å². The zero-order valence-corrected chi connectivity index (χ0v) is 12.7. The molecule has 0 aromatic heterocycles. The van der Waals surface area contributed by atoms with Gasteiger partial charge >= 0.3 is 0 Å². The van der Waals surface area contributed by atoms with E-state index in [0.717, 1.165) is 25.7 Å². The Morgan fingerprint density at radius 2 is 2.07 bits per heavy atom. The molecule has 79 valence electrons. The minimum absolute atomic E-state index is 0. The fraction of sp³-hybridized carbons (Fsp3) is 0.750. The summed E-state index contributed by atoms with van der Waals surface area (Å²) in [5, 5.41) is 10.8. The monoisotopic (exact) mass is 246 g/mol. The van der Waals surface area contributed by atoms with Crippen molar-refractivity contribution in [2.45, 2.75) is 52.4 Å². The Morgan fingerprint density at radius 3 is 2.36 bits per heavy atom. The van der Waals surface area contributed by atoms with Crippen LogP contribution in [0.2, 0.25) is 0 Å². The third kappa shape index (κ3) is 8.75. The molecule has 0 unspecified atom stereocenters. The van der Waals surface area contributed by atoms with E-state index in [0.29, 0.717) is 11.7 Å². The summed E-state index contributed by atoms with van der Waals surface area (Å²) in [6.45, 7) is 7.86. The molecule has 2 heteroatoms. The molecule has 0 aliphatic heterocycles. The molecule has 0 aromatic rings. The molecule has 1 rings (SSSR count). The number of rotatable bonds is 2. The Kier molecular flexibility index (Phi) is 13.3. The molecule has 0 saturated carbocycles. The van der Waals surface area contributed by atoms with Gasteiger partial charge in [-0.15, -0.1) is 5.76 Å². The van der Waals surface area contributed by atoms with Crippen LogP contribution in [0.15, 0.2) is 11.8 Å². The van der Waals surface area contributed by atoms with Crippen molar-refractivity contribution in [1.29, 1.82) is 0 Å². The first-order valence-corrected chi connectivity index (χ1v) is 5.41. The molecule has 0 fully saturated rings. The minimum atomic E-state index is 0. The predicted molar refractivity (Wildman–Crippen MR) is 56.0 cm³/mol. The smallest absolute Gasteiger partial charge is 0 e. The molecule has 1 nitrogen and oxygen atoms in total. The van der Waals surface area contributed by atoms with E-state index < -0.39 is 0 Å². The van der Waals surface area contributed by atoms with Crippen LogP contribution in [0.3, 0.4) is 0 Å². The molecule has 14 heavy (non-hydrogen) atoms. The molecule has 0 spiro atoms. The number of hydrogen-bond donors (Lipinski definition) is 0. The van der Waals surface area contributed by atoms with Crippen molar-refractivity contribution < 1.29 is 24.6 Å². The van der Waals surface area contributed by atoms with Crippen LogP contribution in [0.25, 0.3) is 0 Å². The molecule has 0 bridgehead atoms. The van der Waals surface area contributed by atoms with Gasteiger partial charge in [0.05, 0.1) is 0 Å². The van der Waals surface area contributed by atoms with Gasteiger partial charge in [-0.1, -0.05) is 39.7 Å². The van der Waals surface area contributed by atoms with Crippen LogP contribution in [0.1, 0.15) is 52.4 Å². The van der Waals surface area contributed by atoms with Crippen LogP contribution >= 0.6 is 0 Å². The van der Waals surface area contributed by atoms with Crippen molar-refractivity contribution in [3.05, 3.63) is 18.8 Å². The maximum atomic E-state index is 10.8. The topological polar surface area (TPSA) is 23.1 Å². The summed E-state index contributed by atoms with van der Waals surface area (Å²) >= 11 is 0. The molecule has 0 amide bonds. The zero-order valence-electron chi connectivity index (χ0n) is 9.72. The van der Waals surface area contributed by atoms with Crippen LogP contribution in [0.5, 0.6) is 0 Å². The molecular formula is C12H22OZn-. The van der Waals surface area contributed by atoms with Crippen molar-refractivity contribution in [2.24, 2.45) is 5.92 Å². The molecule has 0 saturated heterocycles. The maximum Gasteiger partial charge on any atom is 0 e. The van der Waals surface area contributed by atoms with Gasteiger partial charge in [-0.05, 0) is 31.6 Å². The Balaban J connectivity index is 0. The van der Waals surface area contributed by atoms with Crippen LogP contribution in [0.4, 0.5) is 0 Å². The predicted octanol–water partition coefficient (Wildman–Crippen LogP) is 3.06. The standard InChI is InChI=1S/C8H14O.C4H9.Zn/c1-2-7-4-3-5-8(9)6-7;1-3-4-2;/h6-7,9H,2-5H2,1H3;1,3-4H2,2H3;/p-1/t7-;;/m0../s1. The van der Waals surface area contributed by atoms with Crippen LogP contribution in [-0.2, 0) is 19.5 Å². The van der Waals surface area contributed by atoms with Gasteiger partial charge in [-0.3, -0.25) is 0 Å². The van der Waals surface area contributed by atoms with Crippen LogP contribution in [-0.4, -0.2) is 0 Å². The average molecular weight is 248 g/mol. The van der Waals surface area contributed by atoms with Gasteiger partial charge in [0.1, 0.15) is 0 Å². The minimum Gasteiger partial charge on any atom is -0.876 e. The van der Waals surface area contributed by atoms with E-state index in [1.54, 1.807) is 0 Å². The first kappa shape index (κ1) is 16.6. The SMILES string of the molecule is CC[C@@H]1C=C([O-])CCC1.[CH2]CCC.[Zn]. The fourth-order valence-corrected chi connectivity index (χ4v) is 1.29. The van der Waals surface area contributed by atoms with E-state index in [2.05, 4.69) is 20.8 Å². The molecule has 1 radical (unpaired) electrons. The second kappa shape index (κ2) is 11.2. The third-order valence-electron chi connectivity index (χ3n) is 2.30. The number of hydrogen-bond acceptors (Lipinski definition) is 1. The van der Waals surface area contributed by atoms with E-state index in [1.807, 2.05) is 6.08 Å². The summed E-state index contributed by atoms with van der Waals surface area (Å²) in [6, 6.07) is 0. The Bertz CT molecular complexity index is 141. The average Bonchev–Trinajstić information content (AvgIpc) is 2.18. The van der Waals surface area contributed by atoms with Gasteiger partial charge in [0.25, 0.3) is 0 Å². The van der Waals surface area contributed by atoms with E-state index in [1.165, 1.54) is 12.8 Å². The van der Waals surface area contributed by atoms with Gasteiger partial charge in [0, 0.05) is 19.5 Å². The van der Waals surface area contributed by atoms with Gasteiger partial charge in [-0.25, -0.2) is 0 Å². The second-order valence-electron chi connectivity index (χ2n) is 3.55. The van der Waals surface area contributed by atoms with E-state index in [4.69, 9.17) is 0 Å². The van der Waals surface area contributed by atoms with Crippen molar-refractivity contribution in [1.82, 2.24) is 0 Å². The Labute approximate surface area is 102 Å². The molecule has 1 atom stereocenters. The summed E-state index contributed by atoms with van der Waals surface area (Å²) in [5.41, 5.74) is 0. The quantitative estimate of drug-likeness (QED) is 0.688. The molecule has 0 aromatic carbocycles. The zero-order chi connectivity index (χ0) is 10.1. The van der Waals surface area contributed by atoms with Gasteiger partial charge in [0.15, 0.2) is 0 Å². The van der Waals surface area contributed by atoms with Gasteiger partial charge in [-0.2, -0.15) is 0 Å². The first-order chi connectivity index (χ1) is 6.24. The molecule has 1 aliphatic carbocycles. The third-order valence-corrected chi connectivity index (χ3v) is 2.30. The maximum absolute atomic E-state index is 10.8. The summed E-state index contributed by atoms with van der Waals surface area (Å²) < 4.78 is 0.